The van der Waals surface area contributed by atoms with E-state index in [9.17, 15) is 19.8 Å². The lowest BCUT2D eigenvalue weighted by atomic mass is 10.0. The molecule has 8 nitrogen and oxygen atoms in total. The van der Waals surface area contributed by atoms with E-state index in [-0.39, 0.29) is 6.04 Å². The SMILES string of the molecule is O=C(NCCC1CC=CS1)[C@H](O)[C@@H](O)C(=O)N1CCC[C@@H]1c1cccc(N2CCOCC2)c1. The fourth-order valence-electron chi connectivity index (χ4n) is 4.65. The molecule has 3 aliphatic heterocycles. The van der Waals surface area contributed by atoms with Gasteiger partial charge in [0.2, 0.25) is 0 Å². The van der Waals surface area contributed by atoms with Crippen molar-refractivity contribution in [3.63, 3.8) is 0 Å². The van der Waals surface area contributed by atoms with Crippen LogP contribution in [0.5, 0.6) is 0 Å². The first kappa shape index (κ1) is 24.1. The molecule has 0 aromatic heterocycles. The van der Waals surface area contributed by atoms with Crippen LogP contribution < -0.4 is 10.2 Å². The summed E-state index contributed by atoms with van der Waals surface area (Å²) < 4.78 is 5.44. The van der Waals surface area contributed by atoms with Gasteiger partial charge >= 0.3 is 0 Å². The highest BCUT2D eigenvalue weighted by molar-refractivity contribution is 8.03. The number of morpholine rings is 1. The standard InChI is InChI=1S/C24H33N3O5S/c28-21(23(30)25-9-8-19-6-3-15-33-19)22(29)24(31)27-10-2-7-20(27)17-4-1-5-18(16-17)26-11-13-32-14-12-26/h1,3-5,15-16,19-22,28-29H,2,6-14H2,(H,25,30)/t19?,20-,21-,22-/m1/s1. The van der Waals surface area contributed by atoms with E-state index in [1.165, 1.54) is 0 Å². The van der Waals surface area contributed by atoms with Gasteiger partial charge in [-0.3, -0.25) is 9.59 Å². The zero-order valence-electron chi connectivity index (χ0n) is 18.8. The Balaban J connectivity index is 1.35. The van der Waals surface area contributed by atoms with Crippen LogP contribution in [0.4, 0.5) is 5.69 Å². The second kappa shape index (κ2) is 11.4. The number of allylic oxidation sites excluding steroid dienone is 1. The van der Waals surface area contributed by atoms with Gasteiger partial charge in [-0.15, -0.1) is 11.8 Å². The predicted octanol–water partition coefficient (Wildman–Crippen LogP) is 1.43. The number of likely N-dealkylation sites (tertiary alicyclic amines) is 1. The van der Waals surface area contributed by atoms with Gasteiger partial charge in [-0.1, -0.05) is 18.2 Å². The van der Waals surface area contributed by atoms with Crippen LogP contribution in [0.3, 0.4) is 0 Å². The van der Waals surface area contributed by atoms with Gasteiger partial charge in [0.05, 0.1) is 19.3 Å². The summed E-state index contributed by atoms with van der Waals surface area (Å²) in [7, 11) is 0. The molecule has 0 spiro atoms. The first-order valence-corrected chi connectivity index (χ1v) is 12.7. The van der Waals surface area contributed by atoms with Crippen LogP contribution in [0.2, 0.25) is 0 Å². The van der Waals surface area contributed by atoms with Crippen molar-refractivity contribution in [3.8, 4) is 0 Å². The molecule has 180 valence electrons. The molecule has 1 unspecified atom stereocenters. The van der Waals surface area contributed by atoms with Crippen LogP contribution in [0.1, 0.15) is 37.3 Å². The molecule has 4 atom stereocenters. The van der Waals surface area contributed by atoms with Gasteiger partial charge < -0.3 is 30.1 Å². The quantitative estimate of drug-likeness (QED) is 0.523. The lowest BCUT2D eigenvalue weighted by Gasteiger charge is -2.31. The van der Waals surface area contributed by atoms with Crippen molar-refractivity contribution in [2.24, 2.45) is 0 Å². The van der Waals surface area contributed by atoms with E-state index in [2.05, 4.69) is 28.4 Å². The number of hydrogen-bond acceptors (Lipinski definition) is 7. The number of nitrogens with one attached hydrogen (secondary N) is 1. The number of amides is 2. The molecule has 0 aliphatic carbocycles. The largest absolute Gasteiger partial charge is 0.380 e. The summed E-state index contributed by atoms with van der Waals surface area (Å²) in [6.45, 7) is 3.93. The zero-order valence-corrected chi connectivity index (χ0v) is 19.6. The van der Waals surface area contributed by atoms with Crippen molar-refractivity contribution in [2.45, 2.75) is 49.2 Å². The van der Waals surface area contributed by atoms with Crippen molar-refractivity contribution in [1.29, 1.82) is 0 Å². The van der Waals surface area contributed by atoms with Crippen LogP contribution in [-0.2, 0) is 14.3 Å². The third kappa shape index (κ3) is 5.90. The van der Waals surface area contributed by atoms with Gasteiger partial charge in [0.25, 0.3) is 11.8 Å². The molecule has 9 heteroatoms. The van der Waals surface area contributed by atoms with Crippen molar-refractivity contribution in [2.75, 3.05) is 44.3 Å². The highest BCUT2D eigenvalue weighted by Gasteiger charge is 2.38. The molecule has 4 rings (SSSR count). The minimum Gasteiger partial charge on any atom is -0.380 e. The number of aliphatic hydroxyl groups excluding tert-OH is 2. The van der Waals surface area contributed by atoms with E-state index in [4.69, 9.17) is 4.74 Å². The average Bonchev–Trinajstić information content (AvgIpc) is 3.55. The summed E-state index contributed by atoms with van der Waals surface area (Å²) in [6.07, 6.45) is 1.85. The maximum atomic E-state index is 13.0. The Bertz CT molecular complexity index is 852. The molecular formula is C24H33N3O5S. The molecule has 1 aromatic rings. The lowest BCUT2D eigenvalue weighted by Crippen LogP contribution is -2.50. The number of ether oxygens (including phenoxy) is 1. The summed E-state index contributed by atoms with van der Waals surface area (Å²) in [4.78, 5) is 29.2. The minimum absolute atomic E-state index is 0.185. The normalized spacial score (nSPS) is 24.7. The minimum atomic E-state index is -1.78. The Hall–Kier alpha value is -2.07. The fourth-order valence-corrected chi connectivity index (χ4v) is 5.57. The predicted molar refractivity (Wildman–Crippen MR) is 128 cm³/mol. The Morgan fingerprint density at radius 2 is 2.00 bits per heavy atom. The molecule has 0 saturated carbocycles. The number of rotatable bonds is 8. The Labute approximate surface area is 199 Å². The highest BCUT2D eigenvalue weighted by atomic mass is 32.2. The van der Waals surface area contributed by atoms with Crippen LogP contribution in [0.25, 0.3) is 0 Å². The first-order chi connectivity index (χ1) is 16.0. The Kier molecular flexibility index (Phi) is 8.29. The first-order valence-electron chi connectivity index (χ1n) is 11.7. The van der Waals surface area contributed by atoms with Gasteiger partial charge in [-0.2, -0.15) is 0 Å². The summed E-state index contributed by atoms with van der Waals surface area (Å²) >= 11 is 1.72. The number of benzene rings is 1. The van der Waals surface area contributed by atoms with Crippen molar-refractivity contribution < 1.29 is 24.5 Å². The Morgan fingerprint density at radius 1 is 1.18 bits per heavy atom. The van der Waals surface area contributed by atoms with E-state index in [1.54, 1.807) is 16.7 Å². The van der Waals surface area contributed by atoms with E-state index >= 15 is 0 Å². The number of nitrogens with zero attached hydrogens (tertiary/aromatic N) is 2. The number of carbonyl (C=O) groups excluding carboxylic acids is 2. The topological polar surface area (TPSA) is 102 Å². The maximum Gasteiger partial charge on any atom is 0.255 e. The molecule has 33 heavy (non-hydrogen) atoms. The molecular weight excluding hydrogens is 442 g/mol. The van der Waals surface area contributed by atoms with Crippen molar-refractivity contribution in [3.05, 3.63) is 41.3 Å². The van der Waals surface area contributed by atoms with Crippen molar-refractivity contribution >= 4 is 29.3 Å². The molecule has 2 amide bonds. The van der Waals surface area contributed by atoms with Crippen LogP contribution >= 0.6 is 11.8 Å². The highest BCUT2D eigenvalue weighted by Crippen LogP contribution is 2.34. The van der Waals surface area contributed by atoms with Gasteiger partial charge in [0, 0.05) is 37.1 Å². The monoisotopic (exact) mass is 475 g/mol. The van der Waals surface area contributed by atoms with Gasteiger partial charge in [-0.05, 0) is 48.8 Å². The van der Waals surface area contributed by atoms with Crippen LogP contribution in [0.15, 0.2) is 35.7 Å². The molecule has 0 radical (unpaired) electrons. The van der Waals surface area contributed by atoms with Gasteiger partial charge in [0.1, 0.15) is 0 Å². The molecule has 2 saturated heterocycles. The summed E-state index contributed by atoms with van der Waals surface area (Å²) in [5.74, 6) is -1.32. The third-order valence-corrected chi connectivity index (χ3v) is 7.68. The molecule has 3 aliphatic rings. The number of anilines is 1. The molecule has 3 N–H and O–H groups in total. The van der Waals surface area contributed by atoms with E-state index in [0.717, 1.165) is 50.0 Å². The molecule has 1 aromatic carbocycles. The second-order valence-electron chi connectivity index (χ2n) is 8.72. The number of hydrogen-bond donors (Lipinski definition) is 3. The molecule has 3 heterocycles. The smallest absolute Gasteiger partial charge is 0.255 e. The summed E-state index contributed by atoms with van der Waals surface area (Å²) in [5.41, 5.74) is 2.09. The second-order valence-corrected chi connectivity index (χ2v) is 9.93. The lowest BCUT2D eigenvalue weighted by molar-refractivity contribution is -0.153. The number of aliphatic hydroxyl groups is 2. The Morgan fingerprint density at radius 3 is 2.76 bits per heavy atom. The van der Waals surface area contributed by atoms with Crippen molar-refractivity contribution in [1.82, 2.24) is 10.2 Å². The van der Waals surface area contributed by atoms with Crippen LogP contribution in [-0.4, -0.2) is 83.8 Å². The van der Waals surface area contributed by atoms with E-state index in [1.807, 2.05) is 17.5 Å². The van der Waals surface area contributed by atoms with Gasteiger partial charge in [-0.25, -0.2) is 0 Å². The third-order valence-electron chi connectivity index (χ3n) is 6.52. The van der Waals surface area contributed by atoms with Crippen LogP contribution in [0, 0.1) is 0 Å². The zero-order chi connectivity index (χ0) is 23.2. The maximum absolute atomic E-state index is 13.0. The summed E-state index contributed by atoms with van der Waals surface area (Å²) in [6, 6.07) is 7.94. The average molecular weight is 476 g/mol. The van der Waals surface area contributed by atoms with E-state index in [0.29, 0.717) is 31.6 Å². The van der Waals surface area contributed by atoms with Gasteiger partial charge in [0.15, 0.2) is 12.2 Å². The van der Waals surface area contributed by atoms with E-state index < -0.39 is 24.0 Å². The molecule has 2 fully saturated rings. The number of thioether (sulfide) groups is 1. The fraction of sp³-hybridized carbons (Fsp3) is 0.583. The summed E-state index contributed by atoms with van der Waals surface area (Å²) in [5, 5.41) is 26.0. The number of carbonyl (C=O) groups is 2. The molecule has 0 bridgehead atoms.